The molecular formula is C34H52N4O6. The number of aliphatic hydroxyl groups is 1. The highest BCUT2D eigenvalue weighted by Gasteiger charge is 2.33. The average Bonchev–Trinajstić information content (AvgIpc) is 2.94. The second-order valence-corrected chi connectivity index (χ2v) is 12.8. The molecule has 0 saturated heterocycles. The van der Waals surface area contributed by atoms with Crippen LogP contribution in [0.1, 0.15) is 52.2 Å². The molecule has 0 saturated carbocycles. The lowest BCUT2D eigenvalue weighted by molar-refractivity contribution is -0.132. The summed E-state index contributed by atoms with van der Waals surface area (Å²) >= 11 is 0. The second-order valence-electron chi connectivity index (χ2n) is 12.8. The number of alkyl carbamates (subject to hydrolysis) is 1. The first-order chi connectivity index (χ1) is 20.7. The lowest BCUT2D eigenvalue weighted by Crippen LogP contribution is -2.53. The molecular weight excluding hydrogens is 560 g/mol. The second kappa shape index (κ2) is 17.6. The van der Waals surface area contributed by atoms with E-state index in [9.17, 15) is 19.5 Å². The number of nitrogens with one attached hydrogen (secondary N) is 3. The van der Waals surface area contributed by atoms with Crippen LogP contribution < -0.4 is 20.7 Å². The number of likely N-dealkylation sites (N-methyl/N-ethyl adjacent to an activating group) is 1. The van der Waals surface area contributed by atoms with Crippen LogP contribution in [0, 0.1) is 11.8 Å². The van der Waals surface area contributed by atoms with Crippen LogP contribution in [0.15, 0.2) is 54.6 Å². The standard InChI is InChI=1S/C34H52N4O6/c1-23(2)30(32(41)35-18-19-38(6)7)37-31(40)26(21-25-16-12-13-17-29(25)43-8)22-28(39)27(20-24-14-10-9-11-15-24)36-33(42)44-34(3,4)5/h9-17,23,26-28,30,39H,18-22H2,1-8H3,(H,35,41)(H,36,42)(H,37,40). The third-order valence-corrected chi connectivity index (χ3v) is 7.13. The first-order valence-electron chi connectivity index (χ1n) is 15.3. The molecule has 10 heteroatoms. The molecule has 4 atom stereocenters. The number of nitrogens with zero attached hydrogens (tertiary/aromatic N) is 1. The van der Waals surface area contributed by atoms with E-state index < -0.39 is 35.8 Å². The van der Waals surface area contributed by atoms with Crippen LogP contribution in [0.25, 0.3) is 0 Å². The number of amides is 3. The highest BCUT2D eigenvalue weighted by Crippen LogP contribution is 2.25. The van der Waals surface area contributed by atoms with Crippen molar-refractivity contribution in [2.24, 2.45) is 11.8 Å². The van der Waals surface area contributed by atoms with Crippen LogP contribution in [-0.4, -0.2) is 86.0 Å². The van der Waals surface area contributed by atoms with E-state index in [4.69, 9.17) is 9.47 Å². The van der Waals surface area contributed by atoms with Crippen molar-refractivity contribution >= 4 is 17.9 Å². The Bertz CT molecular complexity index is 1180. The molecule has 10 nitrogen and oxygen atoms in total. The predicted molar refractivity (Wildman–Crippen MR) is 172 cm³/mol. The van der Waals surface area contributed by atoms with Crippen molar-refractivity contribution in [3.63, 3.8) is 0 Å². The number of rotatable bonds is 16. The van der Waals surface area contributed by atoms with E-state index in [-0.39, 0.29) is 30.6 Å². The molecule has 0 aromatic heterocycles. The Morgan fingerprint density at radius 3 is 2.14 bits per heavy atom. The summed E-state index contributed by atoms with van der Waals surface area (Å²) in [6, 6.07) is 15.4. The number of carbonyl (C=O) groups is 3. The van der Waals surface area contributed by atoms with Gasteiger partial charge >= 0.3 is 6.09 Å². The highest BCUT2D eigenvalue weighted by atomic mass is 16.6. The summed E-state index contributed by atoms with van der Waals surface area (Å²) in [5.74, 6) is -0.924. The first kappa shape index (κ1) is 36.6. The molecule has 0 spiro atoms. The summed E-state index contributed by atoms with van der Waals surface area (Å²) in [6.45, 7) is 10.2. The summed E-state index contributed by atoms with van der Waals surface area (Å²) in [5.41, 5.74) is 0.976. The zero-order valence-electron chi connectivity index (χ0n) is 27.6. The smallest absolute Gasteiger partial charge is 0.407 e. The van der Waals surface area contributed by atoms with E-state index in [0.29, 0.717) is 25.3 Å². The topological polar surface area (TPSA) is 129 Å². The molecule has 0 aliphatic rings. The molecule has 0 bridgehead atoms. The maximum atomic E-state index is 13.9. The van der Waals surface area contributed by atoms with Crippen molar-refractivity contribution in [1.29, 1.82) is 0 Å². The zero-order chi connectivity index (χ0) is 32.9. The van der Waals surface area contributed by atoms with E-state index in [2.05, 4.69) is 16.0 Å². The number of hydrogen-bond donors (Lipinski definition) is 4. The van der Waals surface area contributed by atoms with Crippen LogP contribution in [0.5, 0.6) is 5.75 Å². The van der Waals surface area contributed by atoms with Crippen LogP contribution in [0.4, 0.5) is 4.79 Å². The van der Waals surface area contributed by atoms with Gasteiger partial charge in [-0.3, -0.25) is 9.59 Å². The molecule has 0 aliphatic carbocycles. The van der Waals surface area contributed by atoms with E-state index in [1.807, 2.05) is 87.4 Å². The van der Waals surface area contributed by atoms with Crippen molar-refractivity contribution in [2.75, 3.05) is 34.3 Å². The Morgan fingerprint density at radius 2 is 1.55 bits per heavy atom. The van der Waals surface area contributed by atoms with Crippen LogP contribution >= 0.6 is 0 Å². The molecule has 244 valence electrons. The van der Waals surface area contributed by atoms with Gasteiger partial charge in [-0.15, -0.1) is 0 Å². The largest absolute Gasteiger partial charge is 0.496 e. The zero-order valence-corrected chi connectivity index (χ0v) is 27.6. The Morgan fingerprint density at radius 1 is 0.909 bits per heavy atom. The molecule has 2 aromatic rings. The number of carbonyl (C=O) groups excluding carboxylic acids is 3. The van der Waals surface area contributed by atoms with Crippen molar-refractivity contribution in [2.45, 2.75) is 77.7 Å². The van der Waals surface area contributed by atoms with Gasteiger partial charge in [0.25, 0.3) is 0 Å². The molecule has 0 heterocycles. The fourth-order valence-electron chi connectivity index (χ4n) is 4.80. The molecule has 2 rings (SSSR count). The van der Waals surface area contributed by atoms with Crippen LogP contribution in [0.3, 0.4) is 0 Å². The van der Waals surface area contributed by atoms with Crippen molar-refractivity contribution in [3.8, 4) is 5.75 Å². The summed E-state index contributed by atoms with van der Waals surface area (Å²) in [4.78, 5) is 41.7. The van der Waals surface area contributed by atoms with Crippen molar-refractivity contribution in [1.82, 2.24) is 20.9 Å². The summed E-state index contributed by atoms with van der Waals surface area (Å²) in [7, 11) is 5.41. The molecule has 0 aliphatic heterocycles. The number of aliphatic hydroxyl groups excluding tert-OH is 1. The lowest BCUT2D eigenvalue weighted by Gasteiger charge is -2.30. The van der Waals surface area contributed by atoms with Gasteiger partial charge in [0.2, 0.25) is 11.8 Å². The normalized spacial score (nSPS) is 14.3. The van der Waals surface area contributed by atoms with Crippen molar-refractivity contribution < 1.29 is 29.0 Å². The van der Waals surface area contributed by atoms with E-state index >= 15 is 0 Å². The number of hydrogen-bond acceptors (Lipinski definition) is 7. The molecule has 3 amide bonds. The van der Waals surface area contributed by atoms with E-state index in [1.165, 1.54) is 0 Å². The minimum Gasteiger partial charge on any atom is -0.496 e. The number of methoxy groups -OCH3 is 1. The lowest BCUT2D eigenvalue weighted by atomic mass is 9.88. The average molecular weight is 613 g/mol. The SMILES string of the molecule is COc1ccccc1CC(CC(O)C(Cc1ccccc1)NC(=O)OC(C)(C)C)C(=O)NC(C(=O)NCCN(C)C)C(C)C. The van der Waals surface area contributed by atoms with Gasteiger partial charge in [0.15, 0.2) is 0 Å². The first-order valence-corrected chi connectivity index (χ1v) is 15.3. The monoisotopic (exact) mass is 612 g/mol. The minimum absolute atomic E-state index is 0.0181. The van der Waals surface area contributed by atoms with Gasteiger partial charge in [0.05, 0.1) is 19.3 Å². The minimum atomic E-state index is -1.11. The van der Waals surface area contributed by atoms with Gasteiger partial charge in [-0.2, -0.15) is 0 Å². The van der Waals surface area contributed by atoms with Crippen LogP contribution in [0.2, 0.25) is 0 Å². The molecule has 44 heavy (non-hydrogen) atoms. The van der Waals surface area contributed by atoms with Gasteiger partial charge in [-0.1, -0.05) is 62.4 Å². The number of benzene rings is 2. The molecule has 0 fully saturated rings. The van der Waals surface area contributed by atoms with Gasteiger partial charge < -0.3 is 35.4 Å². The predicted octanol–water partition coefficient (Wildman–Crippen LogP) is 3.56. The number of ether oxygens (including phenoxy) is 2. The van der Waals surface area contributed by atoms with E-state index in [0.717, 1.165) is 11.1 Å². The molecule has 4 N–H and O–H groups in total. The van der Waals surface area contributed by atoms with E-state index in [1.54, 1.807) is 27.9 Å². The fourth-order valence-corrected chi connectivity index (χ4v) is 4.80. The molecule has 0 radical (unpaired) electrons. The third kappa shape index (κ3) is 12.9. The Kier molecular flexibility index (Phi) is 14.6. The number of para-hydroxylation sites is 1. The highest BCUT2D eigenvalue weighted by molar-refractivity contribution is 5.88. The van der Waals surface area contributed by atoms with Crippen LogP contribution in [-0.2, 0) is 27.2 Å². The van der Waals surface area contributed by atoms with Gasteiger partial charge in [0, 0.05) is 19.0 Å². The molecule has 2 aromatic carbocycles. The summed E-state index contributed by atoms with van der Waals surface area (Å²) < 4.78 is 11.0. The summed E-state index contributed by atoms with van der Waals surface area (Å²) in [5, 5.41) is 20.3. The quantitative estimate of drug-likeness (QED) is 0.228. The Labute approximate surface area is 262 Å². The maximum absolute atomic E-state index is 13.9. The maximum Gasteiger partial charge on any atom is 0.407 e. The summed E-state index contributed by atoms with van der Waals surface area (Å²) in [6.07, 6.45) is -1.17. The van der Waals surface area contributed by atoms with Gasteiger partial charge in [-0.25, -0.2) is 4.79 Å². The Hall–Kier alpha value is -3.63. The van der Waals surface area contributed by atoms with Gasteiger partial charge in [0.1, 0.15) is 17.4 Å². The van der Waals surface area contributed by atoms with Gasteiger partial charge in [-0.05, 0) is 77.2 Å². The molecule has 4 unspecified atom stereocenters. The third-order valence-electron chi connectivity index (χ3n) is 7.13. The van der Waals surface area contributed by atoms with Crippen molar-refractivity contribution in [3.05, 3.63) is 65.7 Å². The fraction of sp³-hybridized carbons (Fsp3) is 0.559. The Balaban J connectivity index is 2.35.